The second-order valence-electron chi connectivity index (χ2n) is 4.75. The first-order chi connectivity index (χ1) is 9.47. The molecule has 20 heavy (non-hydrogen) atoms. The lowest BCUT2D eigenvalue weighted by atomic mass is 10.1. The van der Waals surface area contributed by atoms with Crippen molar-refractivity contribution in [2.75, 3.05) is 0 Å². The maximum Gasteiger partial charge on any atom is 0.445 e. The van der Waals surface area contributed by atoms with E-state index in [1.54, 1.807) is 29.7 Å². The Morgan fingerprint density at radius 3 is 2.50 bits per heavy atom. The fourth-order valence-corrected chi connectivity index (χ4v) is 5.15. The minimum atomic E-state index is -4.51. The SMILES string of the molecule is CCCCCC1=Cc2ccccc2S1(C#N)C(F)(F)F. The molecule has 0 amide bonds. The van der Waals surface area contributed by atoms with Crippen molar-refractivity contribution < 1.29 is 13.2 Å². The molecule has 108 valence electrons. The molecule has 0 spiro atoms. The Labute approximate surface area is 118 Å². The molecule has 1 unspecified atom stereocenters. The maximum absolute atomic E-state index is 13.6. The van der Waals surface area contributed by atoms with Crippen LogP contribution in [0.4, 0.5) is 13.2 Å². The number of thiocyanates is 1. The van der Waals surface area contributed by atoms with E-state index in [0.29, 0.717) is 18.4 Å². The van der Waals surface area contributed by atoms with Crippen LogP contribution in [-0.4, -0.2) is 5.51 Å². The summed E-state index contributed by atoms with van der Waals surface area (Å²) in [6.45, 7) is 2.01. The fourth-order valence-electron chi connectivity index (χ4n) is 2.49. The van der Waals surface area contributed by atoms with Gasteiger partial charge in [0.05, 0.1) is 0 Å². The third kappa shape index (κ3) is 2.22. The van der Waals surface area contributed by atoms with Gasteiger partial charge in [-0.2, -0.15) is 18.4 Å². The lowest BCUT2D eigenvalue weighted by Gasteiger charge is -2.34. The lowest BCUT2D eigenvalue weighted by Crippen LogP contribution is -2.19. The minimum absolute atomic E-state index is 0.154. The van der Waals surface area contributed by atoms with Crippen LogP contribution in [0.25, 0.3) is 6.08 Å². The number of halogens is 3. The quantitative estimate of drug-likeness (QED) is 0.510. The summed E-state index contributed by atoms with van der Waals surface area (Å²) in [4.78, 5) is 0.420. The summed E-state index contributed by atoms with van der Waals surface area (Å²) in [5, 5.41) is 11.0. The molecular formula is C15H16F3NS. The Hall–Kier alpha value is -1.41. The Balaban J connectivity index is 2.49. The lowest BCUT2D eigenvalue weighted by molar-refractivity contribution is -0.0366. The zero-order valence-electron chi connectivity index (χ0n) is 11.2. The third-order valence-electron chi connectivity index (χ3n) is 3.47. The van der Waals surface area contributed by atoms with Crippen LogP contribution in [0.2, 0.25) is 0 Å². The Kier molecular flexibility index (Phi) is 4.14. The van der Waals surface area contributed by atoms with Gasteiger partial charge in [0.25, 0.3) is 0 Å². The van der Waals surface area contributed by atoms with E-state index in [0.717, 1.165) is 12.8 Å². The average molecular weight is 299 g/mol. The first-order valence-corrected chi connectivity index (χ1v) is 8.21. The molecule has 0 radical (unpaired) electrons. The smallest absolute Gasteiger partial charge is 0.186 e. The van der Waals surface area contributed by atoms with Crippen LogP contribution in [0.5, 0.6) is 0 Å². The summed E-state index contributed by atoms with van der Waals surface area (Å²) in [7, 11) is -3.53. The zero-order valence-corrected chi connectivity index (χ0v) is 12.0. The molecule has 1 atom stereocenters. The summed E-state index contributed by atoms with van der Waals surface area (Å²) >= 11 is 0. The standard InChI is InChI=1S/C15H16F3NS/c1-2-3-4-8-13-10-12-7-5-6-9-14(12)20(13,11-19)15(16,17)18/h5-7,9-10H,2-4,8H2,1H3. The molecule has 0 N–H and O–H groups in total. The number of hydrogen-bond donors (Lipinski definition) is 0. The van der Waals surface area contributed by atoms with E-state index in [4.69, 9.17) is 0 Å². The van der Waals surface area contributed by atoms with Gasteiger partial charge in [-0.15, -0.1) is 0 Å². The van der Waals surface area contributed by atoms with Crippen LogP contribution in [-0.2, 0) is 0 Å². The van der Waals surface area contributed by atoms with Gasteiger partial charge in [-0.25, -0.2) is 0 Å². The zero-order chi connectivity index (χ0) is 14.8. The monoisotopic (exact) mass is 299 g/mol. The van der Waals surface area contributed by atoms with Gasteiger partial charge in [-0.05, 0) is 45.5 Å². The topological polar surface area (TPSA) is 23.8 Å². The van der Waals surface area contributed by atoms with Crippen molar-refractivity contribution in [3.63, 3.8) is 0 Å². The van der Waals surface area contributed by atoms with Gasteiger partial charge < -0.3 is 0 Å². The first kappa shape index (κ1) is 15.0. The molecule has 5 heteroatoms. The highest BCUT2D eigenvalue weighted by molar-refractivity contribution is 8.41. The van der Waals surface area contributed by atoms with Gasteiger partial charge in [0.2, 0.25) is 0 Å². The molecule has 0 fully saturated rings. The predicted molar refractivity (Wildman–Crippen MR) is 76.1 cm³/mol. The minimum Gasteiger partial charge on any atom is -0.186 e. The predicted octanol–water partition coefficient (Wildman–Crippen LogP) is 5.79. The van der Waals surface area contributed by atoms with Crippen molar-refractivity contribution in [2.45, 2.75) is 43.0 Å². The highest BCUT2D eigenvalue weighted by Crippen LogP contribution is 2.76. The van der Waals surface area contributed by atoms with Crippen LogP contribution in [0.15, 0.2) is 34.1 Å². The summed E-state index contributed by atoms with van der Waals surface area (Å²) in [5.41, 5.74) is -3.96. The van der Waals surface area contributed by atoms with Gasteiger partial charge >= 0.3 is 5.51 Å². The van der Waals surface area contributed by atoms with Gasteiger partial charge in [-0.1, -0.05) is 38.0 Å². The van der Waals surface area contributed by atoms with Crippen LogP contribution >= 0.6 is 10.0 Å². The van der Waals surface area contributed by atoms with Crippen molar-refractivity contribution in [3.8, 4) is 5.40 Å². The van der Waals surface area contributed by atoms with Crippen molar-refractivity contribution >= 4 is 16.1 Å². The number of unbranched alkanes of at least 4 members (excludes halogenated alkanes) is 2. The third-order valence-corrected chi connectivity index (χ3v) is 6.58. The molecule has 2 rings (SSSR count). The molecule has 0 aromatic heterocycles. The number of rotatable bonds is 4. The van der Waals surface area contributed by atoms with Gasteiger partial charge in [-0.3, -0.25) is 0 Å². The molecule has 1 heterocycles. The van der Waals surface area contributed by atoms with Crippen molar-refractivity contribution in [2.24, 2.45) is 0 Å². The molecule has 1 aliphatic heterocycles. The van der Waals surface area contributed by atoms with E-state index in [2.05, 4.69) is 0 Å². The highest BCUT2D eigenvalue weighted by Gasteiger charge is 2.57. The molecule has 0 aliphatic carbocycles. The number of nitrogens with zero attached hydrogens (tertiary/aromatic N) is 1. The second kappa shape index (κ2) is 5.53. The van der Waals surface area contributed by atoms with Gasteiger partial charge in [0.15, 0.2) is 0 Å². The number of hydrogen-bond acceptors (Lipinski definition) is 1. The Morgan fingerprint density at radius 2 is 1.90 bits per heavy atom. The van der Waals surface area contributed by atoms with Crippen LogP contribution < -0.4 is 0 Å². The van der Waals surface area contributed by atoms with E-state index in [9.17, 15) is 18.4 Å². The molecule has 1 aromatic rings. The Morgan fingerprint density at radius 1 is 1.20 bits per heavy atom. The fraction of sp³-hybridized carbons (Fsp3) is 0.400. The van der Waals surface area contributed by atoms with E-state index in [1.807, 2.05) is 6.92 Å². The summed E-state index contributed by atoms with van der Waals surface area (Å²) in [6, 6.07) is 6.40. The van der Waals surface area contributed by atoms with Crippen molar-refractivity contribution in [1.29, 1.82) is 5.26 Å². The molecule has 0 bridgehead atoms. The normalized spacial score (nSPS) is 24.4. The second-order valence-corrected chi connectivity index (χ2v) is 7.59. The number of benzene rings is 1. The van der Waals surface area contributed by atoms with Gasteiger partial charge in [0, 0.05) is 4.90 Å². The molecular weight excluding hydrogens is 283 g/mol. The van der Waals surface area contributed by atoms with Crippen LogP contribution in [0, 0.1) is 10.7 Å². The molecule has 1 aliphatic rings. The number of alkyl halides is 3. The maximum atomic E-state index is 13.6. The highest BCUT2D eigenvalue weighted by atomic mass is 32.3. The molecule has 0 saturated carbocycles. The van der Waals surface area contributed by atoms with E-state index < -0.39 is 15.5 Å². The molecule has 1 nitrogen and oxygen atoms in total. The summed E-state index contributed by atoms with van der Waals surface area (Å²) < 4.78 is 40.9. The average Bonchev–Trinajstić information content (AvgIpc) is 2.73. The number of nitriles is 1. The van der Waals surface area contributed by atoms with Gasteiger partial charge in [0.1, 0.15) is 5.40 Å². The van der Waals surface area contributed by atoms with E-state index >= 15 is 0 Å². The van der Waals surface area contributed by atoms with Crippen molar-refractivity contribution in [1.82, 2.24) is 0 Å². The van der Waals surface area contributed by atoms with Crippen LogP contribution in [0.1, 0.15) is 38.2 Å². The number of allylic oxidation sites excluding steroid dienone is 1. The number of fused-ring (bicyclic) bond motifs is 1. The largest absolute Gasteiger partial charge is 0.445 e. The van der Waals surface area contributed by atoms with E-state index in [1.165, 1.54) is 6.07 Å². The summed E-state index contributed by atoms with van der Waals surface area (Å²) in [5.74, 6) is 0. The van der Waals surface area contributed by atoms with Crippen molar-refractivity contribution in [3.05, 3.63) is 34.7 Å². The molecule has 1 aromatic carbocycles. The first-order valence-electron chi connectivity index (χ1n) is 6.57. The van der Waals surface area contributed by atoms with Crippen LogP contribution in [0.3, 0.4) is 0 Å². The Bertz CT molecular complexity index is 571. The van der Waals surface area contributed by atoms with E-state index in [-0.39, 0.29) is 9.80 Å². The molecule has 0 saturated heterocycles. The summed E-state index contributed by atoms with van der Waals surface area (Å²) in [6.07, 6.45) is 4.46.